The van der Waals surface area contributed by atoms with Gasteiger partial charge in [-0.1, -0.05) is 88.1 Å². The summed E-state index contributed by atoms with van der Waals surface area (Å²) in [4.78, 5) is 1.95. The summed E-state index contributed by atoms with van der Waals surface area (Å²) in [5, 5.41) is 0. The first-order valence-corrected chi connectivity index (χ1v) is 10.9. The van der Waals surface area contributed by atoms with Gasteiger partial charge in [0.2, 0.25) is 6.71 Å². The van der Waals surface area contributed by atoms with Gasteiger partial charge in [-0.3, -0.25) is 0 Å². The van der Waals surface area contributed by atoms with E-state index in [-0.39, 0.29) is 6.71 Å². The largest absolute Gasteiger partial charge is 0.606 e. The number of hydrogen-bond donors (Lipinski definition) is 0. The predicted octanol–water partition coefficient (Wildman–Crippen LogP) is 4.98. The maximum Gasteiger partial charge on any atom is 0.225 e. The molecule has 0 bridgehead atoms. The summed E-state index contributed by atoms with van der Waals surface area (Å²) >= 11 is -1.13. The van der Waals surface area contributed by atoms with Gasteiger partial charge in [0.15, 0.2) is 9.79 Å². The van der Waals surface area contributed by atoms with Crippen LogP contribution in [0.4, 0.5) is 0 Å². The van der Waals surface area contributed by atoms with E-state index in [0.717, 1.165) is 9.79 Å². The molecule has 0 saturated heterocycles. The summed E-state index contributed by atoms with van der Waals surface area (Å²) in [6.45, 7) is 9.29. The lowest BCUT2D eigenvalue weighted by molar-refractivity contribution is 0.595. The molecule has 0 aliphatic carbocycles. The summed E-state index contributed by atoms with van der Waals surface area (Å²) < 4.78 is 13.5. The molecule has 27 heavy (non-hydrogen) atoms. The topological polar surface area (TPSA) is 23.1 Å². The highest BCUT2D eigenvalue weighted by molar-refractivity contribution is 7.92. The third-order valence-corrected chi connectivity index (χ3v) is 7.08. The first-order valence-electron chi connectivity index (χ1n) is 9.73. The third-order valence-electron chi connectivity index (χ3n) is 5.55. The summed E-state index contributed by atoms with van der Waals surface area (Å²) in [7, 11) is 0. The summed E-state index contributed by atoms with van der Waals surface area (Å²) in [5.74, 6) is 0.830. The van der Waals surface area contributed by atoms with E-state index in [1.165, 1.54) is 27.6 Å². The Morgan fingerprint density at radius 1 is 0.778 bits per heavy atom. The fourth-order valence-corrected chi connectivity index (χ4v) is 5.84. The number of hydrogen-bond acceptors (Lipinski definition) is 1. The summed E-state index contributed by atoms with van der Waals surface area (Å²) in [6.07, 6.45) is 0. The van der Waals surface area contributed by atoms with Gasteiger partial charge in [-0.05, 0) is 45.7 Å². The Balaban J connectivity index is 2.09. The van der Waals surface area contributed by atoms with Crippen molar-refractivity contribution in [3.05, 3.63) is 72.3 Å². The molecule has 1 atom stereocenters. The Morgan fingerprint density at radius 2 is 1.44 bits per heavy atom. The predicted molar refractivity (Wildman–Crippen MR) is 117 cm³/mol. The second-order valence-corrected chi connectivity index (χ2v) is 9.41. The molecule has 0 spiro atoms. The molecule has 3 heteroatoms. The van der Waals surface area contributed by atoms with Gasteiger partial charge < -0.3 is 4.55 Å². The van der Waals surface area contributed by atoms with Crippen molar-refractivity contribution in [1.29, 1.82) is 0 Å². The average molecular weight is 372 g/mol. The van der Waals surface area contributed by atoms with E-state index in [1.54, 1.807) is 0 Å². The fourth-order valence-electron chi connectivity index (χ4n) is 4.37. The van der Waals surface area contributed by atoms with Crippen molar-refractivity contribution >= 4 is 28.8 Å². The molecule has 1 nitrogen and oxygen atoms in total. The molecule has 136 valence electrons. The van der Waals surface area contributed by atoms with E-state index in [0.29, 0.717) is 11.7 Å². The molecule has 3 aromatic rings. The van der Waals surface area contributed by atoms with Crippen molar-refractivity contribution < 1.29 is 4.55 Å². The van der Waals surface area contributed by atoms with Gasteiger partial charge in [0, 0.05) is 11.2 Å². The highest BCUT2D eigenvalue weighted by atomic mass is 32.2. The second kappa shape index (κ2) is 7.22. The Bertz CT molecular complexity index is 965. The molecule has 0 fully saturated rings. The Labute approximate surface area is 166 Å². The molecule has 4 rings (SSSR count). The zero-order chi connectivity index (χ0) is 19.1. The van der Waals surface area contributed by atoms with Gasteiger partial charge in [0.25, 0.3) is 0 Å². The van der Waals surface area contributed by atoms with Crippen LogP contribution in [0, 0.1) is 0 Å². The van der Waals surface area contributed by atoms with Crippen molar-refractivity contribution in [2.45, 2.75) is 49.2 Å². The molecular formula is C24H25BOS. The second-order valence-electron chi connectivity index (χ2n) is 7.99. The molecular weight excluding hydrogens is 347 g/mol. The quantitative estimate of drug-likeness (QED) is 0.470. The van der Waals surface area contributed by atoms with E-state index in [9.17, 15) is 4.55 Å². The van der Waals surface area contributed by atoms with E-state index in [2.05, 4.69) is 82.3 Å². The minimum Gasteiger partial charge on any atom is -0.606 e. The van der Waals surface area contributed by atoms with Crippen molar-refractivity contribution in [2.75, 3.05) is 0 Å². The Kier molecular flexibility index (Phi) is 4.92. The van der Waals surface area contributed by atoms with Crippen molar-refractivity contribution in [3.8, 4) is 11.1 Å². The molecule has 0 saturated carbocycles. The van der Waals surface area contributed by atoms with Crippen LogP contribution in [-0.2, 0) is 11.2 Å². The van der Waals surface area contributed by atoms with Gasteiger partial charge in [-0.25, -0.2) is 0 Å². The van der Waals surface area contributed by atoms with Crippen LogP contribution < -0.4 is 10.9 Å². The molecule has 0 amide bonds. The van der Waals surface area contributed by atoms with Crippen LogP contribution in [0.15, 0.2) is 76.5 Å². The zero-order valence-electron chi connectivity index (χ0n) is 16.4. The number of rotatable bonds is 3. The highest BCUT2D eigenvalue weighted by Crippen LogP contribution is 2.35. The molecule has 3 aromatic carbocycles. The smallest absolute Gasteiger partial charge is 0.225 e. The number of fused-ring (bicyclic) bond motifs is 2. The van der Waals surface area contributed by atoms with E-state index in [1.807, 2.05) is 12.1 Å². The van der Waals surface area contributed by atoms with Gasteiger partial charge in [-0.2, -0.15) is 0 Å². The SMILES string of the molecule is CC(C)B1c2ccccc2[S+]([O-])c2ccc(C(C)C)c(-c3ccccc3)c21. The normalized spacial score (nSPS) is 15.8. The molecule has 1 aliphatic rings. The Morgan fingerprint density at radius 3 is 2.11 bits per heavy atom. The third kappa shape index (κ3) is 3.03. The van der Waals surface area contributed by atoms with Gasteiger partial charge >= 0.3 is 0 Å². The number of benzene rings is 3. The summed E-state index contributed by atoms with van der Waals surface area (Å²) in [5.41, 5.74) is 6.32. The van der Waals surface area contributed by atoms with Crippen LogP contribution >= 0.6 is 0 Å². The van der Waals surface area contributed by atoms with Gasteiger partial charge in [0.05, 0.1) is 0 Å². The van der Waals surface area contributed by atoms with Gasteiger partial charge in [0.1, 0.15) is 0 Å². The van der Waals surface area contributed by atoms with Crippen LogP contribution in [-0.4, -0.2) is 11.3 Å². The van der Waals surface area contributed by atoms with Crippen LogP contribution in [0.1, 0.15) is 39.2 Å². The van der Waals surface area contributed by atoms with E-state index < -0.39 is 11.2 Å². The fraction of sp³-hybridized carbons (Fsp3) is 0.250. The molecule has 0 radical (unpaired) electrons. The molecule has 0 aromatic heterocycles. The monoisotopic (exact) mass is 372 g/mol. The van der Waals surface area contributed by atoms with Crippen LogP contribution in [0.25, 0.3) is 11.1 Å². The van der Waals surface area contributed by atoms with E-state index in [4.69, 9.17) is 0 Å². The lowest BCUT2D eigenvalue weighted by Gasteiger charge is -2.32. The van der Waals surface area contributed by atoms with Crippen LogP contribution in [0.3, 0.4) is 0 Å². The molecule has 1 heterocycles. The molecule has 0 N–H and O–H groups in total. The van der Waals surface area contributed by atoms with Crippen LogP contribution in [0.2, 0.25) is 5.82 Å². The standard InChI is InChI=1S/C24H25BOS/c1-16(2)19-14-15-22-24(23(19)18-10-6-5-7-11-18)25(17(3)4)20-12-8-9-13-21(20)27(22)26/h5-17H,1-4H3. The minimum absolute atomic E-state index is 0.253. The molecule has 1 unspecified atom stereocenters. The molecule has 1 aliphatic heterocycles. The first-order chi connectivity index (χ1) is 13.0. The summed E-state index contributed by atoms with van der Waals surface area (Å²) in [6, 6.07) is 23.2. The lowest BCUT2D eigenvalue weighted by Crippen LogP contribution is -2.53. The highest BCUT2D eigenvalue weighted by Gasteiger charge is 2.41. The Hall–Kier alpha value is -1.97. The van der Waals surface area contributed by atoms with Gasteiger partial charge in [-0.15, -0.1) is 0 Å². The maximum absolute atomic E-state index is 13.5. The van der Waals surface area contributed by atoms with Crippen molar-refractivity contribution in [1.82, 2.24) is 0 Å². The average Bonchev–Trinajstić information content (AvgIpc) is 2.67. The van der Waals surface area contributed by atoms with Crippen molar-refractivity contribution in [3.63, 3.8) is 0 Å². The minimum atomic E-state index is -1.13. The lowest BCUT2D eigenvalue weighted by atomic mass is 9.33. The van der Waals surface area contributed by atoms with Crippen molar-refractivity contribution in [2.24, 2.45) is 0 Å². The maximum atomic E-state index is 13.5. The first kappa shape index (κ1) is 18.4. The van der Waals surface area contributed by atoms with E-state index >= 15 is 0 Å². The van der Waals surface area contributed by atoms with Crippen LogP contribution in [0.5, 0.6) is 0 Å². The zero-order valence-corrected chi connectivity index (χ0v) is 17.2.